The summed E-state index contributed by atoms with van der Waals surface area (Å²) in [5.74, 6) is -1.49. The molecule has 0 unspecified atom stereocenters. The molecular weight excluding hydrogens is 210 g/mol. The van der Waals surface area contributed by atoms with Crippen LogP contribution in [0.1, 0.15) is 41.0 Å². The average Bonchev–Trinajstić information content (AvgIpc) is 2.09. The zero-order valence-corrected chi connectivity index (χ0v) is 10.5. The first kappa shape index (κ1) is 14.7. The second-order valence-electron chi connectivity index (χ2n) is 4.83. The Balaban J connectivity index is 4.42. The second-order valence-corrected chi connectivity index (χ2v) is 4.83. The quantitative estimate of drug-likeness (QED) is 0.770. The summed E-state index contributed by atoms with van der Waals surface area (Å²) in [6.45, 7) is 8.72. The molecule has 0 aromatic rings. The Bertz CT molecular complexity index is 257. The average molecular weight is 230 g/mol. The zero-order chi connectivity index (χ0) is 12.9. The molecule has 0 fully saturated rings. The highest BCUT2D eigenvalue weighted by Crippen LogP contribution is 2.10. The van der Waals surface area contributed by atoms with Gasteiger partial charge in [0, 0.05) is 0 Å². The minimum atomic E-state index is -1.29. The lowest BCUT2D eigenvalue weighted by Crippen LogP contribution is -2.52. The van der Waals surface area contributed by atoms with E-state index in [9.17, 15) is 14.7 Å². The van der Waals surface area contributed by atoms with Crippen LogP contribution in [-0.2, 0) is 9.53 Å². The zero-order valence-electron chi connectivity index (χ0n) is 10.5. The van der Waals surface area contributed by atoms with Gasteiger partial charge in [0.05, 0.1) is 12.0 Å². The van der Waals surface area contributed by atoms with E-state index in [1.54, 1.807) is 27.7 Å². The van der Waals surface area contributed by atoms with Gasteiger partial charge in [0.25, 0.3) is 0 Å². The van der Waals surface area contributed by atoms with Gasteiger partial charge in [-0.1, -0.05) is 20.3 Å². The summed E-state index contributed by atoms with van der Waals surface area (Å²) in [4.78, 5) is 22.2. The molecule has 0 radical (unpaired) electrons. The predicted molar refractivity (Wildman–Crippen MR) is 57.6 cm³/mol. The molecule has 0 saturated carbocycles. The van der Waals surface area contributed by atoms with Crippen LogP contribution in [-0.4, -0.2) is 23.7 Å². The minimum Gasteiger partial charge on any atom is -0.548 e. The van der Waals surface area contributed by atoms with Crippen LogP contribution in [0.4, 0.5) is 4.79 Å². The molecule has 0 aliphatic heterocycles. The maximum atomic E-state index is 11.4. The van der Waals surface area contributed by atoms with Gasteiger partial charge in [-0.3, -0.25) is 0 Å². The number of rotatable bonds is 4. The van der Waals surface area contributed by atoms with Crippen LogP contribution in [0.5, 0.6) is 0 Å². The standard InChI is InChI=1S/C11H21NO4/c1-6-7(2)8(9(13)14)12-10(15)16-11(3,4)5/h7-8H,6H2,1-5H3,(H,12,15)(H,13,14)/p-1/t7-,8+/m0/s1. The number of hydrogen-bond donors (Lipinski definition) is 1. The van der Waals surface area contributed by atoms with E-state index >= 15 is 0 Å². The molecule has 0 spiro atoms. The van der Waals surface area contributed by atoms with Crippen LogP contribution in [0, 0.1) is 5.92 Å². The number of hydrogen-bond acceptors (Lipinski definition) is 4. The van der Waals surface area contributed by atoms with Gasteiger partial charge in [-0.15, -0.1) is 0 Å². The lowest BCUT2D eigenvalue weighted by atomic mass is 10.00. The smallest absolute Gasteiger partial charge is 0.408 e. The summed E-state index contributed by atoms with van der Waals surface area (Å²) in [5.41, 5.74) is -0.643. The molecule has 0 aromatic heterocycles. The highest BCUT2D eigenvalue weighted by atomic mass is 16.6. The fraction of sp³-hybridized carbons (Fsp3) is 0.818. The number of ether oxygens (including phenoxy) is 1. The summed E-state index contributed by atoms with van der Waals surface area (Å²) >= 11 is 0. The highest BCUT2D eigenvalue weighted by Gasteiger charge is 2.23. The van der Waals surface area contributed by atoms with E-state index in [4.69, 9.17) is 4.74 Å². The number of carboxylic acids is 1. The van der Waals surface area contributed by atoms with Crippen molar-refractivity contribution in [2.45, 2.75) is 52.7 Å². The second kappa shape index (κ2) is 5.72. The number of aliphatic carboxylic acids is 1. The van der Waals surface area contributed by atoms with Crippen molar-refractivity contribution in [2.75, 3.05) is 0 Å². The summed E-state index contributed by atoms with van der Waals surface area (Å²) < 4.78 is 4.97. The number of amides is 1. The third-order valence-corrected chi connectivity index (χ3v) is 2.14. The van der Waals surface area contributed by atoms with Gasteiger partial charge < -0.3 is 20.0 Å². The van der Waals surface area contributed by atoms with E-state index in [0.29, 0.717) is 6.42 Å². The van der Waals surface area contributed by atoms with Crippen LogP contribution in [0.3, 0.4) is 0 Å². The molecule has 5 heteroatoms. The maximum absolute atomic E-state index is 11.4. The van der Waals surface area contributed by atoms with Crippen molar-refractivity contribution < 1.29 is 19.4 Å². The van der Waals surface area contributed by atoms with E-state index in [2.05, 4.69) is 5.32 Å². The molecule has 0 saturated heterocycles. The first-order valence-corrected chi connectivity index (χ1v) is 5.37. The molecule has 5 nitrogen and oxygen atoms in total. The molecule has 0 heterocycles. The van der Waals surface area contributed by atoms with Gasteiger partial charge in [-0.25, -0.2) is 4.79 Å². The monoisotopic (exact) mass is 230 g/mol. The summed E-state index contributed by atoms with van der Waals surface area (Å²) in [5, 5.41) is 13.1. The van der Waals surface area contributed by atoms with Gasteiger partial charge in [0.15, 0.2) is 0 Å². The van der Waals surface area contributed by atoms with Gasteiger partial charge in [0.1, 0.15) is 5.60 Å². The van der Waals surface area contributed by atoms with Gasteiger partial charge in [-0.05, 0) is 26.7 Å². The first-order valence-electron chi connectivity index (χ1n) is 5.37. The molecular formula is C11H20NO4-. The Labute approximate surface area is 96.2 Å². The van der Waals surface area contributed by atoms with Gasteiger partial charge in [0.2, 0.25) is 0 Å². The third-order valence-electron chi connectivity index (χ3n) is 2.14. The highest BCUT2D eigenvalue weighted by molar-refractivity contribution is 5.78. The van der Waals surface area contributed by atoms with Gasteiger partial charge in [-0.2, -0.15) is 0 Å². The summed E-state index contributed by atoms with van der Waals surface area (Å²) in [6.07, 6.45) is -0.101. The lowest BCUT2D eigenvalue weighted by molar-refractivity contribution is -0.309. The van der Waals surface area contributed by atoms with Crippen LogP contribution < -0.4 is 10.4 Å². The van der Waals surface area contributed by atoms with E-state index in [-0.39, 0.29) is 5.92 Å². The molecule has 0 aromatic carbocycles. The minimum absolute atomic E-state index is 0.197. The number of nitrogens with one attached hydrogen (secondary N) is 1. The summed E-state index contributed by atoms with van der Waals surface area (Å²) in [6, 6.07) is -1.01. The largest absolute Gasteiger partial charge is 0.548 e. The number of carbonyl (C=O) groups excluding carboxylic acids is 2. The van der Waals surface area contributed by atoms with E-state index in [1.807, 2.05) is 6.92 Å². The molecule has 0 aliphatic rings. The Hall–Kier alpha value is -1.26. The molecule has 1 amide bonds. The maximum Gasteiger partial charge on any atom is 0.408 e. The first-order chi connectivity index (χ1) is 7.17. The summed E-state index contributed by atoms with van der Waals surface area (Å²) in [7, 11) is 0. The van der Waals surface area contributed by atoms with E-state index in [0.717, 1.165) is 0 Å². The van der Waals surface area contributed by atoms with Crippen molar-refractivity contribution in [1.82, 2.24) is 5.32 Å². The van der Waals surface area contributed by atoms with Crippen LogP contribution in [0.2, 0.25) is 0 Å². The Morgan fingerprint density at radius 1 is 1.38 bits per heavy atom. The SMILES string of the molecule is CC[C@H](C)[C@@H](NC(=O)OC(C)(C)C)C(=O)[O-]. The topological polar surface area (TPSA) is 78.5 Å². The van der Waals surface area contributed by atoms with Crippen LogP contribution >= 0.6 is 0 Å². The molecule has 16 heavy (non-hydrogen) atoms. The lowest BCUT2D eigenvalue weighted by Gasteiger charge is -2.27. The van der Waals surface area contributed by atoms with Gasteiger partial charge >= 0.3 is 6.09 Å². The molecule has 0 bridgehead atoms. The molecule has 94 valence electrons. The number of carbonyl (C=O) groups is 2. The molecule has 1 N–H and O–H groups in total. The Morgan fingerprint density at radius 2 is 1.88 bits per heavy atom. The van der Waals surface area contributed by atoms with Crippen molar-refractivity contribution in [3.63, 3.8) is 0 Å². The van der Waals surface area contributed by atoms with Crippen molar-refractivity contribution in [1.29, 1.82) is 0 Å². The Kier molecular flexibility index (Phi) is 5.27. The third kappa shape index (κ3) is 5.58. The molecule has 0 aliphatic carbocycles. The molecule has 2 atom stereocenters. The van der Waals surface area contributed by atoms with Crippen molar-refractivity contribution in [3.05, 3.63) is 0 Å². The van der Waals surface area contributed by atoms with E-state index in [1.165, 1.54) is 0 Å². The normalized spacial score (nSPS) is 15.1. The van der Waals surface area contributed by atoms with Crippen molar-refractivity contribution in [3.8, 4) is 0 Å². The molecule has 0 rings (SSSR count). The van der Waals surface area contributed by atoms with Crippen LogP contribution in [0.15, 0.2) is 0 Å². The fourth-order valence-corrected chi connectivity index (χ4v) is 1.10. The fourth-order valence-electron chi connectivity index (χ4n) is 1.10. The van der Waals surface area contributed by atoms with Crippen molar-refractivity contribution in [2.24, 2.45) is 5.92 Å². The van der Waals surface area contributed by atoms with Crippen molar-refractivity contribution >= 4 is 12.1 Å². The predicted octanol–water partition coefficient (Wildman–Crippen LogP) is 0.676. The Morgan fingerprint density at radius 3 is 2.19 bits per heavy atom. The number of carboxylic acid groups (broad SMARTS) is 1. The van der Waals surface area contributed by atoms with E-state index < -0.39 is 23.7 Å². The number of alkyl carbamates (subject to hydrolysis) is 1. The van der Waals surface area contributed by atoms with Crippen LogP contribution in [0.25, 0.3) is 0 Å².